The number of aromatic nitrogens is 2. The summed E-state index contributed by atoms with van der Waals surface area (Å²) in [7, 11) is 2.11. The molecule has 18 heavy (non-hydrogen) atoms. The maximum absolute atomic E-state index is 11.7. The molecule has 1 aliphatic rings. The van der Waals surface area contributed by atoms with E-state index in [0.29, 0.717) is 5.92 Å². The maximum atomic E-state index is 11.7. The second-order valence-corrected chi connectivity index (χ2v) is 5.45. The summed E-state index contributed by atoms with van der Waals surface area (Å²) < 4.78 is 0. The van der Waals surface area contributed by atoms with Gasteiger partial charge in [0.2, 0.25) is 5.95 Å². The molecule has 0 radical (unpaired) electrons. The van der Waals surface area contributed by atoms with Crippen LogP contribution in [0.4, 0.5) is 5.95 Å². The van der Waals surface area contributed by atoms with Crippen LogP contribution < -0.4 is 10.5 Å². The van der Waals surface area contributed by atoms with E-state index in [0.717, 1.165) is 44.2 Å². The fraction of sp³-hybridized carbons (Fsp3) is 0.692. The van der Waals surface area contributed by atoms with Crippen LogP contribution in [0.1, 0.15) is 19.5 Å². The average molecular weight is 250 g/mol. The predicted octanol–water partition coefficient (Wildman–Crippen LogP) is 0.720. The quantitative estimate of drug-likeness (QED) is 0.859. The molecule has 100 valence electrons. The van der Waals surface area contributed by atoms with Gasteiger partial charge in [0.1, 0.15) is 0 Å². The monoisotopic (exact) mass is 250 g/mol. The van der Waals surface area contributed by atoms with Crippen molar-refractivity contribution < 1.29 is 0 Å². The Morgan fingerprint density at radius 2 is 2.00 bits per heavy atom. The molecule has 2 rings (SSSR count). The minimum absolute atomic E-state index is 0.0467. The van der Waals surface area contributed by atoms with Crippen LogP contribution >= 0.6 is 0 Å². The Morgan fingerprint density at radius 3 is 2.61 bits per heavy atom. The molecule has 1 aromatic heterocycles. The summed E-state index contributed by atoms with van der Waals surface area (Å²) in [6.45, 7) is 8.14. The molecule has 1 aliphatic heterocycles. The molecule has 0 unspecified atom stereocenters. The standard InChI is InChI=1S/C13H22N4O/c1-10(2)8-11-9-12(18)15-13(14-11)17-6-4-16(3)5-7-17/h9-10H,4-8H2,1-3H3,(H,14,15,18). The molecule has 0 aliphatic carbocycles. The topological polar surface area (TPSA) is 52.2 Å². The zero-order valence-corrected chi connectivity index (χ0v) is 11.4. The van der Waals surface area contributed by atoms with Gasteiger partial charge in [0.15, 0.2) is 0 Å². The number of nitrogens with zero attached hydrogens (tertiary/aromatic N) is 3. The Labute approximate surface area is 108 Å². The molecule has 0 atom stereocenters. The Bertz CT molecular complexity index is 447. The third-order valence-electron chi connectivity index (χ3n) is 3.20. The highest BCUT2D eigenvalue weighted by Crippen LogP contribution is 2.11. The number of H-pyrrole nitrogens is 1. The largest absolute Gasteiger partial charge is 0.340 e. The summed E-state index contributed by atoms with van der Waals surface area (Å²) in [5, 5.41) is 0. The predicted molar refractivity (Wildman–Crippen MR) is 73.1 cm³/mol. The van der Waals surface area contributed by atoms with Crippen LogP contribution in [0.25, 0.3) is 0 Å². The fourth-order valence-electron chi connectivity index (χ4n) is 2.18. The zero-order chi connectivity index (χ0) is 13.1. The van der Waals surface area contributed by atoms with Gasteiger partial charge in [-0.25, -0.2) is 4.98 Å². The van der Waals surface area contributed by atoms with Gasteiger partial charge in [-0.05, 0) is 19.4 Å². The first-order valence-corrected chi connectivity index (χ1v) is 6.58. The van der Waals surface area contributed by atoms with Crippen molar-refractivity contribution in [2.75, 3.05) is 38.1 Å². The van der Waals surface area contributed by atoms with Gasteiger partial charge in [0.25, 0.3) is 5.56 Å². The number of aromatic amines is 1. The molecule has 5 heteroatoms. The van der Waals surface area contributed by atoms with E-state index in [-0.39, 0.29) is 5.56 Å². The Morgan fingerprint density at radius 1 is 1.33 bits per heavy atom. The van der Waals surface area contributed by atoms with E-state index in [2.05, 4.69) is 40.7 Å². The molecule has 0 aromatic carbocycles. The van der Waals surface area contributed by atoms with Gasteiger partial charge in [-0.3, -0.25) is 9.78 Å². The Balaban J connectivity index is 2.17. The van der Waals surface area contributed by atoms with Crippen molar-refractivity contribution in [2.24, 2.45) is 5.92 Å². The van der Waals surface area contributed by atoms with Crippen LogP contribution in [0.3, 0.4) is 0 Å². The normalized spacial score (nSPS) is 17.4. The van der Waals surface area contributed by atoms with E-state index in [1.54, 1.807) is 6.07 Å². The van der Waals surface area contributed by atoms with Crippen molar-refractivity contribution in [3.05, 3.63) is 22.1 Å². The third kappa shape index (κ3) is 3.32. The van der Waals surface area contributed by atoms with Crippen molar-refractivity contribution in [2.45, 2.75) is 20.3 Å². The number of nitrogens with one attached hydrogen (secondary N) is 1. The molecule has 1 fully saturated rings. The van der Waals surface area contributed by atoms with Gasteiger partial charge in [-0.15, -0.1) is 0 Å². The summed E-state index contributed by atoms with van der Waals surface area (Å²) in [5.74, 6) is 1.24. The van der Waals surface area contributed by atoms with Crippen LogP contribution in [-0.2, 0) is 6.42 Å². The van der Waals surface area contributed by atoms with Crippen molar-refractivity contribution in [3.63, 3.8) is 0 Å². The molecule has 2 heterocycles. The van der Waals surface area contributed by atoms with Crippen LogP contribution in [0.15, 0.2) is 10.9 Å². The van der Waals surface area contributed by atoms with Crippen LogP contribution in [0.5, 0.6) is 0 Å². The van der Waals surface area contributed by atoms with Crippen molar-refractivity contribution in [1.29, 1.82) is 0 Å². The highest BCUT2D eigenvalue weighted by Gasteiger charge is 2.16. The lowest BCUT2D eigenvalue weighted by Crippen LogP contribution is -2.45. The highest BCUT2D eigenvalue weighted by molar-refractivity contribution is 5.31. The SMILES string of the molecule is CC(C)Cc1cc(=O)[nH]c(N2CCN(C)CC2)n1. The highest BCUT2D eigenvalue weighted by atomic mass is 16.1. The number of rotatable bonds is 3. The van der Waals surface area contributed by atoms with Gasteiger partial charge in [0, 0.05) is 32.2 Å². The molecular formula is C13H22N4O. The van der Waals surface area contributed by atoms with Crippen molar-refractivity contribution >= 4 is 5.95 Å². The van der Waals surface area contributed by atoms with E-state index in [9.17, 15) is 4.79 Å². The van der Waals surface area contributed by atoms with E-state index >= 15 is 0 Å². The van der Waals surface area contributed by atoms with Gasteiger partial charge < -0.3 is 9.80 Å². The summed E-state index contributed by atoms with van der Waals surface area (Å²) in [6.07, 6.45) is 0.852. The van der Waals surface area contributed by atoms with Gasteiger partial charge >= 0.3 is 0 Å². The smallest absolute Gasteiger partial charge is 0.252 e. The Hall–Kier alpha value is -1.36. The number of anilines is 1. The molecule has 0 saturated carbocycles. The minimum atomic E-state index is -0.0467. The lowest BCUT2D eigenvalue weighted by atomic mass is 10.1. The number of likely N-dealkylation sites (N-methyl/N-ethyl adjacent to an activating group) is 1. The zero-order valence-electron chi connectivity index (χ0n) is 11.4. The van der Waals surface area contributed by atoms with Crippen LogP contribution in [-0.4, -0.2) is 48.1 Å². The van der Waals surface area contributed by atoms with E-state index in [1.165, 1.54) is 0 Å². The molecule has 1 aromatic rings. The van der Waals surface area contributed by atoms with E-state index in [4.69, 9.17) is 0 Å². The second-order valence-electron chi connectivity index (χ2n) is 5.45. The summed E-state index contributed by atoms with van der Waals surface area (Å²) >= 11 is 0. The van der Waals surface area contributed by atoms with Gasteiger partial charge in [0.05, 0.1) is 5.69 Å². The molecule has 0 bridgehead atoms. The molecular weight excluding hydrogens is 228 g/mol. The number of piperazine rings is 1. The number of hydrogen-bond donors (Lipinski definition) is 1. The van der Waals surface area contributed by atoms with Gasteiger partial charge in [-0.1, -0.05) is 13.8 Å². The summed E-state index contributed by atoms with van der Waals surface area (Å²) in [5.41, 5.74) is 0.845. The molecule has 0 amide bonds. The molecule has 5 nitrogen and oxygen atoms in total. The first-order chi connectivity index (χ1) is 8.54. The van der Waals surface area contributed by atoms with E-state index in [1.807, 2.05) is 0 Å². The lowest BCUT2D eigenvalue weighted by Gasteiger charge is -2.32. The average Bonchev–Trinajstić information content (AvgIpc) is 2.28. The number of hydrogen-bond acceptors (Lipinski definition) is 4. The summed E-state index contributed by atoms with van der Waals surface area (Å²) in [6, 6.07) is 1.61. The fourth-order valence-corrected chi connectivity index (χ4v) is 2.18. The van der Waals surface area contributed by atoms with E-state index < -0.39 is 0 Å². The van der Waals surface area contributed by atoms with Crippen molar-refractivity contribution in [3.8, 4) is 0 Å². The first-order valence-electron chi connectivity index (χ1n) is 6.58. The molecule has 1 saturated heterocycles. The van der Waals surface area contributed by atoms with Gasteiger partial charge in [-0.2, -0.15) is 0 Å². The second kappa shape index (κ2) is 5.52. The van der Waals surface area contributed by atoms with Crippen LogP contribution in [0.2, 0.25) is 0 Å². The van der Waals surface area contributed by atoms with Crippen molar-refractivity contribution in [1.82, 2.24) is 14.9 Å². The molecule has 1 N–H and O–H groups in total. The first kappa shape index (κ1) is 13.1. The Kier molecular flexibility index (Phi) is 4.01. The molecule has 0 spiro atoms. The maximum Gasteiger partial charge on any atom is 0.252 e. The van der Waals surface area contributed by atoms with Crippen LogP contribution in [0, 0.1) is 5.92 Å². The lowest BCUT2D eigenvalue weighted by molar-refractivity contribution is 0.311. The minimum Gasteiger partial charge on any atom is -0.340 e. The third-order valence-corrected chi connectivity index (χ3v) is 3.20. The summed E-state index contributed by atoms with van der Waals surface area (Å²) in [4.78, 5) is 23.5.